The molecule has 184 valence electrons. The van der Waals surface area contributed by atoms with Gasteiger partial charge in [-0.25, -0.2) is 4.99 Å². The van der Waals surface area contributed by atoms with E-state index >= 15 is 0 Å². The molecule has 2 N–H and O–H groups in total. The third-order valence-electron chi connectivity index (χ3n) is 6.03. The first-order chi connectivity index (χ1) is 17.2. The Labute approximate surface area is 214 Å². The Morgan fingerprint density at radius 1 is 0.750 bits per heavy atom. The predicted molar refractivity (Wildman–Crippen MR) is 154 cm³/mol. The lowest BCUT2D eigenvalue weighted by Crippen LogP contribution is -2.37. The van der Waals surface area contributed by atoms with Crippen LogP contribution >= 0.6 is 0 Å². The standard InChI is InChI=1S/C32H36N4/c1-31(2,3)28(23-15-9-7-10-16-23)25-19-13-20-26(27(25)30-33-21-14-22-34-30)35-36-29(32(4,5)6)24-17-11-8-12-18-24/h7-22,33,35H,1-6H3/b28-25+,30-27+,36-29-. The van der Waals surface area contributed by atoms with Crippen LogP contribution in [0.1, 0.15) is 52.7 Å². The van der Waals surface area contributed by atoms with Crippen molar-refractivity contribution in [3.63, 3.8) is 0 Å². The molecular weight excluding hydrogens is 440 g/mol. The van der Waals surface area contributed by atoms with Crippen LogP contribution in [0.3, 0.4) is 0 Å². The maximum absolute atomic E-state index is 4.97. The van der Waals surface area contributed by atoms with Gasteiger partial charge >= 0.3 is 0 Å². The van der Waals surface area contributed by atoms with Gasteiger partial charge in [-0.3, -0.25) is 5.43 Å². The molecule has 0 unspecified atom stereocenters. The van der Waals surface area contributed by atoms with Crippen LogP contribution in [0.5, 0.6) is 0 Å². The number of rotatable bonds is 4. The van der Waals surface area contributed by atoms with Crippen LogP contribution in [0.25, 0.3) is 11.4 Å². The van der Waals surface area contributed by atoms with Crippen LogP contribution in [0.15, 0.2) is 101 Å². The Morgan fingerprint density at radius 2 is 1.39 bits per heavy atom. The van der Waals surface area contributed by atoms with Crippen molar-refractivity contribution in [2.75, 3.05) is 5.43 Å². The van der Waals surface area contributed by atoms with Crippen LogP contribution in [-0.4, -0.2) is 11.9 Å². The van der Waals surface area contributed by atoms with Crippen molar-refractivity contribution >= 4 is 29.0 Å². The number of hydrogen-bond donors (Lipinski definition) is 2. The minimum Gasteiger partial charge on any atom is -0.346 e. The molecular formula is C32H36N4. The molecule has 36 heavy (non-hydrogen) atoms. The Balaban J connectivity index is 2.03. The average Bonchev–Trinajstić information content (AvgIpc) is 2.85. The van der Waals surface area contributed by atoms with Gasteiger partial charge in [0, 0.05) is 23.0 Å². The van der Waals surface area contributed by atoms with E-state index in [-0.39, 0.29) is 10.8 Å². The molecule has 0 aromatic heterocycles. The van der Waals surface area contributed by atoms with Crippen molar-refractivity contribution in [2.24, 2.45) is 20.9 Å². The molecule has 1 heterocycles. The fourth-order valence-corrected chi connectivity index (χ4v) is 4.55. The van der Waals surface area contributed by atoms with Gasteiger partial charge in [0.05, 0.1) is 11.4 Å². The molecule has 0 saturated heterocycles. The van der Waals surface area contributed by atoms with Gasteiger partial charge in [0.25, 0.3) is 0 Å². The van der Waals surface area contributed by atoms with Crippen LogP contribution in [0, 0.1) is 10.8 Å². The van der Waals surface area contributed by atoms with E-state index in [4.69, 9.17) is 10.1 Å². The van der Waals surface area contributed by atoms with Gasteiger partial charge in [-0.2, -0.15) is 5.10 Å². The van der Waals surface area contributed by atoms with Gasteiger partial charge in [-0.1, -0.05) is 114 Å². The fourth-order valence-electron chi connectivity index (χ4n) is 4.55. The highest BCUT2D eigenvalue weighted by molar-refractivity contribution is 6.04. The molecule has 0 saturated carbocycles. The second kappa shape index (κ2) is 10.4. The summed E-state index contributed by atoms with van der Waals surface area (Å²) in [5.41, 5.74) is 8.63. The van der Waals surface area contributed by atoms with Crippen molar-refractivity contribution in [1.82, 2.24) is 5.32 Å². The molecule has 3 aromatic rings. The molecule has 4 nitrogen and oxygen atoms in total. The Bertz CT molecular complexity index is 1420. The lowest BCUT2D eigenvalue weighted by atomic mass is 9.80. The lowest BCUT2D eigenvalue weighted by Gasteiger charge is -2.25. The lowest BCUT2D eigenvalue weighted by molar-refractivity contribution is 0.564. The summed E-state index contributed by atoms with van der Waals surface area (Å²) >= 11 is 0. The first-order valence-electron chi connectivity index (χ1n) is 12.4. The molecule has 0 bridgehead atoms. The van der Waals surface area contributed by atoms with Crippen LogP contribution in [-0.2, 0) is 0 Å². The zero-order valence-electron chi connectivity index (χ0n) is 22.1. The summed E-state index contributed by atoms with van der Waals surface area (Å²) in [6, 6.07) is 27.3. The Morgan fingerprint density at radius 3 is 1.94 bits per heavy atom. The van der Waals surface area contributed by atoms with Gasteiger partial charge in [0.2, 0.25) is 0 Å². The zero-order valence-corrected chi connectivity index (χ0v) is 22.1. The minimum atomic E-state index is -0.143. The van der Waals surface area contributed by atoms with Crippen LogP contribution < -0.4 is 21.2 Å². The SMILES string of the molecule is CC(C)(C)/C(c1ccccc1)=c1\cccc(N/N=C(/c2ccccc2)C(C)(C)C)\c1=C1\N=CC=CN1. The molecule has 4 heteroatoms. The van der Waals surface area contributed by atoms with E-state index in [0.717, 1.165) is 33.2 Å². The topological polar surface area (TPSA) is 48.8 Å². The molecule has 0 radical (unpaired) electrons. The number of nitrogens with zero attached hydrogens (tertiary/aromatic N) is 2. The van der Waals surface area contributed by atoms with Crippen LogP contribution in [0.4, 0.5) is 5.69 Å². The molecule has 4 rings (SSSR count). The highest BCUT2D eigenvalue weighted by atomic mass is 15.3. The molecule has 1 aliphatic heterocycles. The molecule has 0 atom stereocenters. The molecule has 3 aromatic carbocycles. The van der Waals surface area contributed by atoms with Crippen LogP contribution in [0.2, 0.25) is 0 Å². The van der Waals surface area contributed by atoms with Crippen molar-refractivity contribution in [3.8, 4) is 0 Å². The van der Waals surface area contributed by atoms with Gasteiger partial charge < -0.3 is 5.32 Å². The van der Waals surface area contributed by atoms with E-state index in [9.17, 15) is 0 Å². The monoisotopic (exact) mass is 476 g/mol. The quantitative estimate of drug-likeness (QED) is 0.356. The summed E-state index contributed by atoms with van der Waals surface area (Å²) in [6.07, 6.45) is 5.63. The van der Waals surface area contributed by atoms with Crippen molar-refractivity contribution in [2.45, 2.75) is 41.5 Å². The highest BCUT2D eigenvalue weighted by Crippen LogP contribution is 2.31. The summed E-state index contributed by atoms with van der Waals surface area (Å²) < 4.78 is 0. The smallest absolute Gasteiger partial charge is 0.139 e. The second-order valence-electron chi connectivity index (χ2n) is 11.0. The van der Waals surface area contributed by atoms with Gasteiger partial charge in [-0.05, 0) is 39.5 Å². The van der Waals surface area contributed by atoms with Crippen molar-refractivity contribution < 1.29 is 0 Å². The van der Waals surface area contributed by atoms with E-state index in [2.05, 4.69) is 125 Å². The number of hydrogen-bond acceptors (Lipinski definition) is 4. The third kappa shape index (κ3) is 5.65. The highest BCUT2D eigenvalue weighted by Gasteiger charge is 2.23. The van der Waals surface area contributed by atoms with E-state index < -0.39 is 0 Å². The second-order valence-corrected chi connectivity index (χ2v) is 11.0. The average molecular weight is 477 g/mol. The van der Waals surface area contributed by atoms with E-state index in [0.29, 0.717) is 0 Å². The summed E-state index contributed by atoms with van der Waals surface area (Å²) in [5.74, 6) is 0.792. The van der Waals surface area contributed by atoms with E-state index in [1.165, 1.54) is 11.1 Å². The largest absolute Gasteiger partial charge is 0.346 e. The molecule has 0 fully saturated rings. The molecule has 1 aliphatic rings. The number of allylic oxidation sites excluding steroid dienone is 1. The Kier molecular flexibility index (Phi) is 7.25. The first-order valence-corrected chi connectivity index (χ1v) is 12.4. The summed E-state index contributed by atoms with van der Waals surface area (Å²) in [4.78, 5) is 4.71. The van der Waals surface area contributed by atoms with Crippen molar-refractivity contribution in [1.29, 1.82) is 0 Å². The van der Waals surface area contributed by atoms with Crippen molar-refractivity contribution in [3.05, 3.63) is 113 Å². The maximum atomic E-state index is 4.97. The normalized spacial score (nSPS) is 16.4. The summed E-state index contributed by atoms with van der Waals surface area (Å²) in [6.45, 7) is 13.3. The van der Waals surface area contributed by atoms with Gasteiger partial charge in [0.1, 0.15) is 5.82 Å². The zero-order chi connectivity index (χ0) is 25.8. The number of benzene rings is 3. The summed E-state index contributed by atoms with van der Waals surface area (Å²) in [7, 11) is 0. The predicted octanol–water partition coefficient (Wildman–Crippen LogP) is 6.05. The van der Waals surface area contributed by atoms with E-state index in [1.807, 2.05) is 24.6 Å². The number of hydrazone groups is 1. The van der Waals surface area contributed by atoms with Gasteiger partial charge in [0.15, 0.2) is 0 Å². The Hall–Kier alpha value is -3.92. The number of aliphatic imine (C=N–C) groups is 1. The number of anilines is 1. The van der Waals surface area contributed by atoms with Gasteiger partial charge in [-0.15, -0.1) is 0 Å². The third-order valence-corrected chi connectivity index (χ3v) is 6.03. The molecule has 0 amide bonds. The van der Waals surface area contributed by atoms with E-state index in [1.54, 1.807) is 0 Å². The number of nitrogens with one attached hydrogen (secondary N) is 2. The molecule has 0 aliphatic carbocycles. The first kappa shape index (κ1) is 25.2. The molecule has 0 spiro atoms. The summed E-state index contributed by atoms with van der Waals surface area (Å²) in [5, 5.41) is 10.5. The fraction of sp³-hybridized carbons (Fsp3) is 0.250. The minimum absolute atomic E-state index is 0.104. The maximum Gasteiger partial charge on any atom is 0.139 e.